The Morgan fingerprint density at radius 2 is 1.89 bits per heavy atom. The van der Waals surface area contributed by atoms with E-state index in [2.05, 4.69) is 0 Å². The number of rotatable bonds is 6. The van der Waals surface area contributed by atoms with E-state index >= 15 is 0 Å². The molecule has 0 aromatic rings. The van der Waals surface area contributed by atoms with Crippen LogP contribution in [-0.2, 0) is 18.4 Å². The second kappa shape index (κ2) is 6.22. The minimum Gasteiger partial charge on any atom is -0.305 e. The normalized spacial score (nSPS) is 22.2. The van der Waals surface area contributed by atoms with Gasteiger partial charge in [0.25, 0.3) is 0 Å². The van der Waals surface area contributed by atoms with Gasteiger partial charge in [-0.05, 0) is 26.7 Å². The van der Waals surface area contributed by atoms with Gasteiger partial charge in [0.2, 0.25) is 0 Å². The summed E-state index contributed by atoms with van der Waals surface area (Å²) in [6, 6.07) is 0. The SMILES string of the molecule is CCOP(=O)(OCC)C(F)(F)C1CCCC(=O)C1. The van der Waals surface area contributed by atoms with Crippen LogP contribution in [0.25, 0.3) is 0 Å². The van der Waals surface area contributed by atoms with Crippen LogP contribution in [0.2, 0.25) is 0 Å². The topological polar surface area (TPSA) is 52.6 Å². The Bertz CT molecular complexity index is 336. The molecular weight excluding hydrogens is 265 g/mol. The van der Waals surface area contributed by atoms with Crippen LogP contribution < -0.4 is 0 Å². The number of carbonyl (C=O) groups excluding carboxylic acids is 1. The molecule has 0 spiro atoms. The average Bonchev–Trinajstić information content (AvgIpc) is 2.29. The van der Waals surface area contributed by atoms with Crippen LogP contribution >= 0.6 is 7.60 Å². The molecule has 1 aliphatic carbocycles. The molecule has 1 fully saturated rings. The molecule has 1 unspecified atom stereocenters. The summed E-state index contributed by atoms with van der Waals surface area (Å²) in [6.07, 6.45) is 0.636. The first-order valence-electron chi connectivity index (χ1n) is 6.16. The summed E-state index contributed by atoms with van der Waals surface area (Å²) < 4.78 is 50.0. The first-order valence-corrected chi connectivity index (χ1v) is 7.70. The van der Waals surface area contributed by atoms with E-state index in [1.807, 2.05) is 0 Å². The van der Waals surface area contributed by atoms with Gasteiger partial charge in [0.05, 0.1) is 13.2 Å². The Kier molecular flexibility index (Phi) is 5.44. The van der Waals surface area contributed by atoms with Gasteiger partial charge in [-0.1, -0.05) is 0 Å². The number of Topliss-reactive ketones (excluding diaryl/α,β-unsaturated/α-hetero) is 1. The molecule has 0 amide bonds. The number of carbonyl (C=O) groups is 1. The first-order chi connectivity index (χ1) is 8.37. The Morgan fingerprint density at radius 3 is 2.33 bits per heavy atom. The lowest BCUT2D eigenvalue weighted by Gasteiger charge is -2.33. The Hall–Kier alpha value is -0.320. The fraction of sp³-hybridized carbons (Fsp3) is 0.909. The standard InChI is InChI=1S/C11H19F2O4P/c1-3-16-18(15,17-4-2)11(12,13)9-6-5-7-10(14)8-9/h9H,3-8H2,1-2H3. The summed E-state index contributed by atoms with van der Waals surface area (Å²) in [6.45, 7) is 2.72. The second-order valence-electron chi connectivity index (χ2n) is 4.25. The lowest BCUT2D eigenvalue weighted by atomic mass is 9.88. The molecule has 0 aliphatic heterocycles. The predicted octanol–water partition coefficient (Wildman–Crippen LogP) is 3.60. The highest BCUT2D eigenvalue weighted by molar-refractivity contribution is 7.55. The van der Waals surface area contributed by atoms with Crippen molar-refractivity contribution in [3.63, 3.8) is 0 Å². The summed E-state index contributed by atoms with van der Waals surface area (Å²) in [4.78, 5) is 11.3. The minimum atomic E-state index is -4.50. The van der Waals surface area contributed by atoms with Crippen LogP contribution in [0.5, 0.6) is 0 Å². The van der Waals surface area contributed by atoms with E-state index in [0.717, 1.165) is 0 Å². The fourth-order valence-electron chi connectivity index (χ4n) is 2.09. The van der Waals surface area contributed by atoms with Crippen molar-refractivity contribution in [3.8, 4) is 0 Å². The van der Waals surface area contributed by atoms with Gasteiger partial charge in [-0.3, -0.25) is 9.36 Å². The number of hydrogen-bond acceptors (Lipinski definition) is 4. The van der Waals surface area contributed by atoms with Gasteiger partial charge >= 0.3 is 13.3 Å². The molecule has 0 bridgehead atoms. The summed E-state index contributed by atoms with van der Waals surface area (Å²) in [7, 11) is -4.50. The maximum absolute atomic E-state index is 14.2. The second-order valence-corrected chi connectivity index (χ2v) is 6.36. The molecule has 18 heavy (non-hydrogen) atoms. The van der Waals surface area contributed by atoms with Gasteiger partial charge in [-0.25, -0.2) is 0 Å². The lowest BCUT2D eigenvalue weighted by Crippen LogP contribution is -2.34. The van der Waals surface area contributed by atoms with Crippen LogP contribution in [-0.4, -0.2) is 24.7 Å². The molecule has 1 atom stereocenters. The quantitative estimate of drug-likeness (QED) is 0.699. The van der Waals surface area contributed by atoms with E-state index in [9.17, 15) is 18.1 Å². The molecule has 0 aromatic heterocycles. The zero-order valence-corrected chi connectivity index (χ0v) is 11.6. The van der Waals surface area contributed by atoms with Crippen LogP contribution in [0, 0.1) is 5.92 Å². The van der Waals surface area contributed by atoms with Crippen molar-refractivity contribution in [2.45, 2.75) is 45.2 Å². The maximum Gasteiger partial charge on any atom is 0.399 e. The van der Waals surface area contributed by atoms with Crippen molar-refractivity contribution >= 4 is 13.4 Å². The zero-order chi connectivity index (χ0) is 13.8. The van der Waals surface area contributed by atoms with Crippen LogP contribution in [0.3, 0.4) is 0 Å². The van der Waals surface area contributed by atoms with Crippen molar-refractivity contribution in [3.05, 3.63) is 0 Å². The van der Waals surface area contributed by atoms with Gasteiger partial charge < -0.3 is 9.05 Å². The summed E-state index contributed by atoms with van der Waals surface area (Å²) in [5, 5.41) is 0. The van der Waals surface area contributed by atoms with Crippen molar-refractivity contribution in [1.82, 2.24) is 0 Å². The highest BCUT2D eigenvalue weighted by Crippen LogP contribution is 2.66. The molecule has 0 saturated heterocycles. The largest absolute Gasteiger partial charge is 0.399 e. The monoisotopic (exact) mass is 284 g/mol. The van der Waals surface area contributed by atoms with Crippen LogP contribution in [0.4, 0.5) is 8.78 Å². The minimum absolute atomic E-state index is 0.118. The molecule has 0 aromatic carbocycles. The Morgan fingerprint density at radius 1 is 1.33 bits per heavy atom. The summed E-state index contributed by atoms with van der Waals surface area (Å²) in [5.41, 5.74) is -3.60. The number of ketones is 1. The van der Waals surface area contributed by atoms with Crippen molar-refractivity contribution in [1.29, 1.82) is 0 Å². The van der Waals surface area contributed by atoms with E-state index in [-0.39, 0.29) is 31.8 Å². The number of alkyl halides is 2. The zero-order valence-electron chi connectivity index (χ0n) is 10.7. The third kappa shape index (κ3) is 3.16. The Labute approximate surface area is 106 Å². The van der Waals surface area contributed by atoms with Gasteiger partial charge in [0, 0.05) is 18.8 Å². The van der Waals surface area contributed by atoms with E-state index in [1.54, 1.807) is 0 Å². The predicted molar refractivity (Wildman–Crippen MR) is 62.8 cm³/mol. The highest BCUT2D eigenvalue weighted by atomic mass is 31.2. The summed E-state index contributed by atoms with van der Waals surface area (Å²) in [5.74, 6) is -1.46. The molecule has 7 heteroatoms. The van der Waals surface area contributed by atoms with Crippen molar-refractivity contribution in [2.24, 2.45) is 5.92 Å². The molecule has 4 nitrogen and oxygen atoms in total. The van der Waals surface area contributed by atoms with E-state index < -0.39 is 19.2 Å². The lowest BCUT2D eigenvalue weighted by molar-refractivity contribution is -0.125. The number of halogens is 2. The van der Waals surface area contributed by atoms with Gasteiger partial charge in [-0.2, -0.15) is 8.78 Å². The molecule has 1 rings (SSSR count). The average molecular weight is 284 g/mol. The third-order valence-corrected chi connectivity index (χ3v) is 5.23. The maximum atomic E-state index is 14.2. The molecular formula is C11H19F2O4P. The van der Waals surface area contributed by atoms with E-state index in [0.29, 0.717) is 12.8 Å². The van der Waals surface area contributed by atoms with Gasteiger partial charge in [0.15, 0.2) is 0 Å². The molecule has 0 radical (unpaired) electrons. The van der Waals surface area contributed by atoms with Gasteiger partial charge in [0.1, 0.15) is 5.78 Å². The third-order valence-electron chi connectivity index (χ3n) is 2.94. The van der Waals surface area contributed by atoms with E-state index in [1.165, 1.54) is 13.8 Å². The molecule has 0 heterocycles. The molecule has 0 N–H and O–H groups in total. The summed E-state index contributed by atoms with van der Waals surface area (Å²) >= 11 is 0. The molecule has 1 aliphatic rings. The molecule has 1 saturated carbocycles. The van der Waals surface area contributed by atoms with Crippen LogP contribution in [0.1, 0.15) is 39.5 Å². The molecule has 106 valence electrons. The number of hydrogen-bond donors (Lipinski definition) is 0. The van der Waals surface area contributed by atoms with E-state index in [4.69, 9.17) is 9.05 Å². The smallest absolute Gasteiger partial charge is 0.305 e. The fourth-order valence-corrected chi connectivity index (χ4v) is 3.86. The highest BCUT2D eigenvalue weighted by Gasteiger charge is 2.59. The van der Waals surface area contributed by atoms with Crippen molar-refractivity contribution in [2.75, 3.05) is 13.2 Å². The van der Waals surface area contributed by atoms with Gasteiger partial charge in [-0.15, -0.1) is 0 Å². The van der Waals surface area contributed by atoms with Crippen molar-refractivity contribution < 1.29 is 27.2 Å². The Balaban J connectivity index is 2.92. The van der Waals surface area contributed by atoms with Crippen LogP contribution in [0.15, 0.2) is 0 Å². The first kappa shape index (κ1) is 15.7.